The third-order valence-electron chi connectivity index (χ3n) is 7.21. The second kappa shape index (κ2) is 11.3. The van der Waals surface area contributed by atoms with Crippen LogP contribution >= 0.6 is 0 Å². The van der Waals surface area contributed by atoms with E-state index in [2.05, 4.69) is 44.0 Å². The monoisotopic (exact) mass is 471 g/mol. The molecule has 0 saturated heterocycles. The van der Waals surface area contributed by atoms with Gasteiger partial charge in [0.2, 0.25) is 0 Å². The number of rotatable bonds is 11. The molecule has 188 valence electrons. The molecule has 1 aliphatic carbocycles. The molecule has 6 heteroatoms. The summed E-state index contributed by atoms with van der Waals surface area (Å²) in [6.45, 7) is 6.12. The Hall–Kier alpha value is -2.44. The Morgan fingerprint density at radius 3 is 2.15 bits per heavy atom. The highest BCUT2D eigenvalue weighted by molar-refractivity contribution is 5.50. The van der Waals surface area contributed by atoms with E-state index in [1.807, 2.05) is 12.1 Å². The van der Waals surface area contributed by atoms with E-state index < -0.39 is 5.60 Å². The molecule has 1 N–H and O–H groups in total. The minimum absolute atomic E-state index is 0.0512. The first-order valence-corrected chi connectivity index (χ1v) is 12.1. The summed E-state index contributed by atoms with van der Waals surface area (Å²) in [7, 11) is 8.77. The SMILES string of the molecule is COc1ccc(CCN(C)CC[C@@]2(O)CCc3cc(OC)c(OC)cc3[C@@H]2C(C)C)cc1OC. The molecule has 2 atom stereocenters. The smallest absolute Gasteiger partial charge is 0.161 e. The van der Waals surface area contributed by atoms with E-state index in [1.54, 1.807) is 28.4 Å². The van der Waals surface area contributed by atoms with Crippen molar-refractivity contribution in [2.24, 2.45) is 5.92 Å². The van der Waals surface area contributed by atoms with Gasteiger partial charge in [0.1, 0.15) is 0 Å². The van der Waals surface area contributed by atoms with Crippen LogP contribution in [0.3, 0.4) is 0 Å². The molecule has 1 aliphatic rings. The quantitative estimate of drug-likeness (QED) is 0.513. The molecule has 0 spiro atoms. The van der Waals surface area contributed by atoms with Crippen LogP contribution < -0.4 is 18.9 Å². The Bertz CT molecular complexity index is 960. The van der Waals surface area contributed by atoms with Gasteiger partial charge < -0.3 is 29.0 Å². The summed E-state index contributed by atoms with van der Waals surface area (Å²) < 4.78 is 21.8. The molecule has 0 bridgehead atoms. The first-order chi connectivity index (χ1) is 16.3. The highest BCUT2D eigenvalue weighted by Gasteiger charge is 2.43. The summed E-state index contributed by atoms with van der Waals surface area (Å²) >= 11 is 0. The molecule has 2 aromatic carbocycles. The lowest BCUT2D eigenvalue weighted by Crippen LogP contribution is -2.45. The second-order valence-electron chi connectivity index (χ2n) is 9.72. The van der Waals surface area contributed by atoms with Crippen LogP contribution in [-0.2, 0) is 12.8 Å². The summed E-state index contributed by atoms with van der Waals surface area (Å²) in [4.78, 5) is 2.30. The lowest BCUT2D eigenvalue weighted by Gasteiger charge is -2.44. The molecule has 34 heavy (non-hydrogen) atoms. The van der Waals surface area contributed by atoms with Gasteiger partial charge in [0, 0.05) is 19.0 Å². The number of hydrogen-bond donors (Lipinski definition) is 1. The minimum Gasteiger partial charge on any atom is -0.493 e. The van der Waals surface area contributed by atoms with Crippen molar-refractivity contribution < 1.29 is 24.1 Å². The molecular formula is C28H41NO5. The van der Waals surface area contributed by atoms with Gasteiger partial charge in [0.15, 0.2) is 23.0 Å². The number of likely N-dealkylation sites (N-methyl/N-ethyl adjacent to an activating group) is 1. The molecule has 0 heterocycles. The molecule has 0 fully saturated rings. The van der Waals surface area contributed by atoms with Crippen LogP contribution in [0.25, 0.3) is 0 Å². The molecule has 6 nitrogen and oxygen atoms in total. The fourth-order valence-electron chi connectivity index (χ4n) is 5.35. The third kappa shape index (κ3) is 5.61. The highest BCUT2D eigenvalue weighted by atomic mass is 16.5. The largest absolute Gasteiger partial charge is 0.493 e. The van der Waals surface area contributed by atoms with Crippen molar-refractivity contribution in [2.75, 3.05) is 48.6 Å². The van der Waals surface area contributed by atoms with Crippen LogP contribution in [0.1, 0.15) is 49.3 Å². The Labute approximate surface area is 204 Å². The van der Waals surface area contributed by atoms with Crippen molar-refractivity contribution in [3.05, 3.63) is 47.0 Å². The molecular weight excluding hydrogens is 430 g/mol. The van der Waals surface area contributed by atoms with Crippen molar-refractivity contribution in [1.29, 1.82) is 0 Å². The van der Waals surface area contributed by atoms with E-state index in [0.29, 0.717) is 5.92 Å². The number of ether oxygens (including phenoxy) is 4. The number of aliphatic hydroxyl groups is 1. The third-order valence-corrected chi connectivity index (χ3v) is 7.21. The molecule has 2 aromatic rings. The van der Waals surface area contributed by atoms with Gasteiger partial charge in [-0.1, -0.05) is 19.9 Å². The topological polar surface area (TPSA) is 60.4 Å². The maximum Gasteiger partial charge on any atom is 0.161 e. The maximum absolute atomic E-state index is 11.9. The molecule has 3 rings (SSSR count). The molecule has 0 saturated carbocycles. The number of aryl methyl sites for hydroxylation is 1. The number of fused-ring (bicyclic) bond motifs is 1. The molecule has 0 aliphatic heterocycles. The van der Waals surface area contributed by atoms with Gasteiger partial charge in [-0.25, -0.2) is 0 Å². The van der Waals surface area contributed by atoms with E-state index in [0.717, 1.165) is 61.8 Å². The zero-order chi connectivity index (χ0) is 24.9. The van der Waals surface area contributed by atoms with Crippen LogP contribution in [0.15, 0.2) is 30.3 Å². The summed E-state index contributed by atoms with van der Waals surface area (Å²) in [5, 5.41) is 11.9. The first kappa shape index (κ1) is 26.2. The zero-order valence-electron chi connectivity index (χ0n) is 21.8. The van der Waals surface area contributed by atoms with Crippen molar-refractivity contribution in [2.45, 2.75) is 51.0 Å². The van der Waals surface area contributed by atoms with Crippen molar-refractivity contribution in [3.63, 3.8) is 0 Å². The van der Waals surface area contributed by atoms with Crippen molar-refractivity contribution >= 4 is 0 Å². The average Bonchev–Trinajstić information content (AvgIpc) is 2.84. The van der Waals surface area contributed by atoms with Crippen LogP contribution in [0.2, 0.25) is 0 Å². The maximum atomic E-state index is 11.9. The van der Waals surface area contributed by atoms with Crippen molar-refractivity contribution in [1.82, 2.24) is 4.90 Å². The van der Waals surface area contributed by atoms with Crippen molar-refractivity contribution in [3.8, 4) is 23.0 Å². The van der Waals surface area contributed by atoms with E-state index in [9.17, 15) is 5.11 Å². The van der Waals surface area contributed by atoms with E-state index in [-0.39, 0.29) is 5.92 Å². The fraction of sp³-hybridized carbons (Fsp3) is 0.571. The number of hydrogen-bond acceptors (Lipinski definition) is 6. The van der Waals surface area contributed by atoms with E-state index >= 15 is 0 Å². The number of nitrogens with zero attached hydrogens (tertiary/aromatic N) is 1. The average molecular weight is 472 g/mol. The van der Waals surface area contributed by atoms with Gasteiger partial charge in [0.25, 0.3) is 0 Å². The first-order valence-electron chi connectivity index (χ1n) is 12.1. The van der Waals surface area contributed by atoms with Gasteiger partial charge >= 0.3 is 0 Å². The second-order valence-corrected chi connectivity index (χ2v) is 9.72. The minimum atomic E-state index is -0.752. The van der Waals surface area contributed by atoms with E-state index in [1.165, 1.54) is 16.7 Å². The summed E-state index contributed by atoms with van der Waals surface area (Å²) in [6, 6.07) is 10.2. The normalized spacial score (nSPS) is 19.8. The Balaban J connectivity index is 1.68. The Morgan fingerprint density at radius 2 is 1.53 bits per heavy atom. The predicted octanol–water partition coefficient (Wildman–Crippen LogP) is 4.70. The highest BCUT2D eigenvalue weighted by Crippen LogP contribution is 2.48. The Morgan fingerprint density at radius 1 is 0.912 bits per heavy atom. The van der Waals surface area contributed by atoms with Crippen LogP contribution in [0.5, 0.6) is 23.0 Å². The van der Waals surface area contributed by atoms with Gasteiger partial charge in [-0.15, -0.1) is 0 Å². The summed E-state index contributed by atoms with van der Waals surface area (Å²) in [5.41, 5.74) is 2.89. The number of methoxy groups -OCH3 is 4. The molecule has 0 unspecified atom stereocenters. The fourth-order valence-corrected chi connectivity index (χ4v) is 5.35. The van der Waals surface area contributed by atoms with E-state index in [4.69, 9.17) is 18.9 Å². The van der Waals surface area contributed by atoms with Gasteiger partial charge in [-0.2, -0.15) is 0 Å². The predicted molar refractivity (Wildman–Crippen MR) is 136 cm³/mol. The van der Waals surface area contributed by atoms with Crippen LogP contribution in [0.4, 0.5) is 0 Å². The molecule has 0 amide bonds. The standard InChI is InChI=1S/C28H41NO5/c1-19(2)27-22-18-26(34-7)25(33-6)17-21(22)10-12-28(27,30)13-15-29(3)14-11-20-8-9-23(31-4)24(16-20)32-5/h8-9,16-19,27,30H,10-15H2,1-7H3/t27-,28-/m0/s1. The lowest BCUT2D eigenvalue weighted by atomic mass is 9.66. The van der Waals surface area contributed by atoms with Gasteiger partial charge in [0.05, 0.1) is 34.0 Å². The van der Waals surface area contributed by atoms with Gasteiger partial charge in [-0.3, -0.25) is 0 Å². The van der Waals surface area contributed by atoms with Gasteiger partial charge in [-0.05, 0) is 79.6 Å². The summed E-state index contributed by atoms with van der Waals surface area (Å²) in [6.07, 6.45) is 3.22. The van der Waals surface area contributed by atoms with Crippen LogP contribution in [0, 0.1) is 5.92 Å². The molecule has 0 radical (unpaired) electrons. The number of benzene rings is 2. The van der Waals surface area contributed by atoms with Crippen LogP contribution in [-0.4, -0.2) is 64.2 Å². The Kier molecular flexibility index (Phi) is 8.72. The lowest BCUT2D eigenvalue weighted by molar-refractivity contribution is -0.0300. The molecule has 0 aromatic heterocycles. The summed E-state index contributed by atoms with van der Waals surface area (Å²) in [5.74, 6) is 3.33. The zero-order valence-corrected chi connectivity index (χ0v) is 21.8.